The molecule has 0 heterocycles. The molecule has 0 N–H and O–H groups in total. The number of hydrogen-bond donors (Lipinski definition) is 0. The fourth-order valence-electron chi connectivity index (χ4n) is 2.65. The van der Waals surface area contributed by atoms with Crippen molar-refractivity contribution in [2.75, 3.05) is 13.9 Å². The second-order valence-corrected chi connectivity index (χ2v) is 6.15. The minimum atomic E-state index is 0.243. The lowest BCUT2D eigenvalue weighted by atomic mass is 10.1. The topological polar surface area (TPSA) is 27.7 Å². The molecule has 0 saturated carbocycles. The van der Waals surface area contributed by atoms with Crippen molar-refractivity contribution in [1.82, 2.24) is 0 Å². The molecule has 0 bridgehead atoms. The standard InChI is InChI=1S/C25H24O3/c1-26-20-28-24-16-9-13-21(18-24)10-5-6-14-23-15-7-8-17-25(23)27-19-22-11-3-2-4-12-22/h2-18H,19-20H2,1H3/b10-5+,14-6+. The molecular weight excluding hydrogens is 348 g/mol. The molecule has 3 nitrogen and oxygen atoms in total. The Morgan fingerprint density at radius 2 is 1.54 bits per heavy atom. The summed E-state index contributed by atoms with van der Waals surface area (Å²) in [6, 6.07) is 26.1. The summed E-state index contributed by atoms with van der Waals surface area (Å²) in [4.78, 5) is 0. The van der Waals surface area contributed by atoms with Gasteiger partial charge in [-0.05, 0) is 29.3 Å². The molecule has 0 aromatic heterocycles. The first-order valence-corrected chi connectivity index (χ1v) is 9.17. The Morgan fingerprint density at radius 1 is 0.750 bits per heavy atom. The fraction of sp³-hybridized carbons (Fsp3) is 0.120. The Kier molecular flexibility index (Phi) is 7.47. The first kappa shape index (κ1) is 19.5. The summed E-state index contributed by atoms with van der Waals surface area (Å²) < 4.78 is 16.4. The zero-order chi connectivity index (χ0) is 19.4. The van der Waals surface area contributed by atoms with Gasteiger partial charge in [0.25, 0.3) is 0 Å². The summed E-state index contributed by atoms with van der Waals surface area (Å²) in [5.74, 6) is 1.65. The quantitative estimate of drug-likeness (QED) is 0.342. The molecule has 28 heavy (non-hydrogen) atoms. The largest absolute Gasteiger partial charge is 0.488 e. The van der Waals surface area contributed by atoms with E-state index in [4.69, 9.17) is 14.2 Å². The molecule has 3 aromatic rings. The molecule has 0 unspecified atom stereocenters. The highest BCUT2D eigenvalue weighted by atomic mass is 16.7. The molecule has 0 amide bonds. The van der Waals surface area contributed by atoms with E-state index in [1.807, 2.05) is 91.0 Å². The van der Waals surface area contributed by atoms with E-state index in [1.165, 1.54) is 0 Å². The monoisotopic (exact) mass is 372 g/mol. The first-order valence-electron chi connectivity index (χ1n) is 9.17. The van der Waals surface area contributed by atoms with Gasteiger partial charge in [-0.3, -0.25) is 0 Å². The first-order chi connectivity index (χ1) is 13.8. The number of para-hydroxylation sites is 1. The van der Waals surface area contributed by atoms with Gasteiger partial charge in [0, 0.05) is 12.7 Å². The summed E-state index contributed by atoms with van der Waals surface area (Å²) in [6.45, 7) is 0.794. The average Bonchev–Trinajstić information content (AvgIpc) is 2.75. The number of benzene rings is 3. The van der Waals surface area contributed by atoms with Crippen molar-refractivity contribution in [2.24, 2.45) is 0 Å². The van der Waals surface area contributed by atoms with E-state index in [-0.39, 0.29) is 6.79 Å². The third-order valence-corrected chi connectivity index (χ3v) is 4.03. The lowest BCUT2D eigenvalue weighted by Gasteiger charge is -2.09. The van der Waals surface area contributed by atoms with Crippen molar-refractivity contribution in [1.29, 1.82) is 0 Å². The molecule has 0 saturated heterocycles. The predicted octanol–water partition coefficient (Wildman–Crippen LogP) is 5.97. The maximum Gasteiger partial charge on any atom is 0.188 e. The zero-order valence-corrected chi connectivity index (χ0v) is 16.0. The van der Waals surface area contributed by atoms with Gasteiger partial charge in [0.1, 0.15) is 18.1 Å². The molecule has 0 aliphatic rings. The van der Waals surface area contributed by atoms with Crippen LogP contribution in [0.1, 0.15) is 16.7 Å². The highest BCUT2D eigenvalue weighted by Crippen LogP contribution is 2.21. The Balaban J connectivity index is 1.62. The molecule has 0 spiro atoms. The van der Waals surface area contributed by atoms with E-state index in [1.54, 1.807) is 7.11 Å². The summed E-state index contributed by atoms with van der Waals surface area (Å²) in [5.41, 5.74) is 3.25. The second kappa shape index (κ2) is 10.8. The normalized spacial score (nSPS) is 11.2. The Bertz CT molecular complexity index is 914. The van der Waals surface area contributed by atoms with Crippen LogP contribution in [0.25, 0.3) is 12.2 Å². The van der Waals surface area contributed by atoms with Crippen molar-refractivity contribution >= 4 is 12.2 Å². The van der Waals surface area contributed by atoms with Crippen molar-refractivity contribution in [3.63, 3.8) is 0 Å². The molecule has 0 atom stereocenters. The van der Waals surface area contributed by atoms with Gasteiger partial charge in [0.05, 0.1) is 0 Å². The number of rotatable bonds is 9. The summed E-state index contributed by atoms with van der Waals surface area (Å²) >= 11 is 0. The zero-order valence-electron chi connectivity index (χ0n) is 16.0. The summed E-state index contributed by atoms with van der Waals surface area (Å²) in [6.07, 6.45) is 8.09. The molecule has 3 rings (SSSR count). The van der Waals surface area contributed by atoms with E-state index in [0.717, 1.165) is 28.2 Å². The smallest absolute Gasteiger partial charge is 0.188 e. The third kappa shape index (κ3) is 6.15. The van der Waals surface area contributed by atoms with Gasteiger partial charge < -0.3 is 14.2 Å². The van der Waals surface area contributed by atoms with Crippen LogP contribution in [0, 0.1) is 0 Å². The number of methoxy groups -OCH3 is 1. The highest BCUT2D eigenvalue weighted by molar-refractivity contribution is 5.61. The molecule has 0 aliphatic carbocycles. The maximum absolute atomic E-state index is 5.99. The molecule has 3 aromatic carbocycles. The van der Waals surface area contributed by atoms with Crippen molar-refractivity contribution in [3.8, 4) is 11.5 Å². The fourth-order valence-corrected chi connectivity index (χ4v) is 2.65. The minimum absolute atomic E-state index is 0.243. The van der Waals surface area contributed by atoms with E-state index in [9.17, 15) is 0 Å². The van der Waals surface area contributed by atoms with Crippen LogP contribution in [-0.2, 0) is 11.3 Å². The highest BCUT2D eigenvalue weighted by Gasteiger charge is 2.00. The van der Waals surface area contributed by atoms with E-state index in [2.05, 4.69) is 12.1 Å². The van der Waals surface area contributed by atoms with Gasteiger partial charge >= 0.3 is 0 Å². The van der Waals surface area contributed by atoms with Crippen molar-refractivity contribution < 1.29 is 14.2 Å². The number of hydrogen-bond acceptors (Lipinski definition) is 3. The molecule has 0 aliphatic heterocycles. The van der Waals surface area contributed by atoms with E-state index >= 15 is 0 Å². The van der Waals surface area contributed by atoms with Crippen molar-refractivity contribution in [3.05, 3.63) is 108 Å². The van der Waals surface area contributed by atoms with Crippen LogP contribution in [0.3, 0.4) is 0 Å². The predicted molar refractivity (Wildman–Crippen MR) is 114 cm³/mol. The van der Waals surface area contributed by atoms with Crippen LogP contribution in [0.15, 0.2) is 91.0 Å². The van der Waals surface area contributed by atoms with Crippen LogP contribution in [0.4, 0.5) is 0 Å². The third-order valence-electron chi connectivity index (χ3n) is 4.03. The molecule has 0 radical (unpaired) electrons. The van der Waals surface area contributed by atoms with Crippen LogP contribution < -0.4 is 9.47 Å². The number of ether oxygens (including phenoxy) is 3. The van der Waals surface area contributed by atoms with Gasteiger partial charge in [-0.15, -0.1) is 0 Å². The molecular formula is C25H24O3. The van der Waals surface area contributed by atoms with Gasteiger partial charge in [-0.2, -0.15) is 0 Å². The SMILES string of the molecule is COCOc1cccc(/C=C/C=C/c2ccccc2OCc2ccccc2)c1. The van der Waals surface area contributed by atoms with E-state index in [0.29, 0.717) is 6.61 Å². The van der Waals surface area contributed by atoms with Gasteiger partial charge in [0.2, 0.25) is 0 Å². The molecule has 3 heteroatoms. The Morgan fingerprint density at radius 3 is 2.39 bits per heavy atom. The maximum atomic E-state index is 5.99. The van der Waals surface area contributed by atoms with Crippen molar-refractivity contribution in [2.45, 2.75) is 6.61 Å². The van der Waals surface area contributed by atoms with Gasteiger partial charge in [-0.25, -0.2) is 0 Å². The Labute approximate surface area is 166 Å². The van der Waals surface area contributed by atoms with Crippen LogP contribution in [0.5, 0.6) is 11.5 Å². The lowest BCUT2D eigenvalue weighted by Crippen LogP contribution is -1.98. The van der Waals surface area contributed by atoms with Crippen LogP contribution >= 0.6 is 0 Å². The molecule has 0 fully saturated rings. The summed E-state index contributed by atoms with van der Waals surface area (Å²) in [5, 5.41) is 0. The van der Waals surface area contributed by atoms with E-state index < -0.39 is 0 Å². The average molecular weight is 372 g/mol. The summed E-state index contributed by atoms with van der Waals surface area (Å²) in [7, 11) is 1.61. The lowest BCUT2D eigenvalue weighted by molar-refractivity contribution is 0.0511. The van der Waals surface area contributed by atoms with Crippen LogP contribution in [-0.4, -0.2) is 13.9 Å². The minimum Gasteiger partial charge on any atom is -0.488 e. The second-order valence-electron chi connectivity index (χ2n) is 6.15. The molecule has 142 valence electrons. The Hall–Kier alpha value is -3.30. The van der Waals surface area contributed by atoms with Crippen LogP contribution in [0.2, 0.25) is 0 Å². The van der Waals surface area contributed by atoms with Gasteiger partial charge in [0.15, 0.2) is 6.79 Å². The number of allylic oxidation sites excluding steroid dienone is 2. The van der Waals surface area contributed by atoms with Gasteiger partial charge in [-0.1, -0.05) is 85.0 Å².